The molecular weight excluding hydrogens is 436 g/mol. The van der Waals surface area contributed by atoms with Crippen LogP contribution < -0.4 is 4.57 Å². The molecule has 5 rings (SSSR count). The fourth-order valence-electron chi connectivity index (χ4n) is 7.10. The molecule has 188 valence electrons. The zero-order valence-electron chi connectivity index (χ0n) is 24.0. The molecule has 4 aromatic rings. The minimum Gasteiger partial charge on any atom is -0.225 e. The first-order valence-corrected chi connectivity index (χ1v) is 13.6. The molecule has 1 aliphatic carbocycles. The van der Waals surface area contributed by atoms with Gasteiger partial charge in [0.05, 0.1) is 12.6 Å². The van der Waals surface area contributed by atoms with Crippen LogP contribution in [0.2, 0.25) is 0 Å². The van der Waals surface area contributed by atoms with E-state index in [4.69, 9.17) is 0 Å². The molecule has 0 atom stereocenters. The van der Waals surface area contributed by atoms with Crippen molar-refractivity contribution in [3.8, 4) is 17.1 Å². The minimum atomic E-state index is 0.0925. The second-order valence-electron chi connectivity index (χ2n) is 12.9. The van der Waals surface area contributed by atoms with Crippen LogP contribution in [0.15, 0.2) is 54.6 Å². The molecule has 0 aliphatic heterocycles. The summed E-state index contributed by atoms with van der Waals surface area (Å²) in [7, 11) is 2.26. The molecule has 3 aromatic carbocycles. The molecule has 1 aliphatic rings. The number of rotatable bonds is 4. The minimum absolute atomic E-state index is 0.0925. The van der Waals surface area contributed by atoms with Crippen molar-refractivity contribution in [2.75, 3.05) is 0 Å². The van der Waals surface area contributed by atoms with Gasteiger partial charge in [-0.1, -0.05) is 97.9 Å². The molecule has 0 saturated carbocycles. The van der Waals surface area contributed by atoms with Crippen molar-refractivity contribution in [3.63, 3.8) is 0 Å². The lowest BCUT2D eigenvalue weighted by atomic mass is 9.81. The highest BCUT2D eigenvalue weighted by molar-refractivity contribution is 5.84. The number of imidazole rings is 1. The molecular formula is C34H43N2+. The highest BCUT2D eigenvalue weighted by atomic mass is 15.2. The van der Waals surface area contributed by atoms with Crippen LogP contribution in [0.5, 0.6) is 0 Å². The number of aryl methyl sites for hydroxylation is 2. The number of aromatic nitrogens is 2. The van der Waals surface area contributed by atoms with Crippen molar-refractivity contribution in [1.82, 2.24) is 4.57 Å². The normalized spacial score (nSPS) is 16.3. The highest BCUT2D eigenvalue weighted by Crippen LogP contribution is 2.52. The van der Waals surface area contributed by atoms with E-state index in [9.17, 15) is 0 Å². The summed E-state index contributed by atoms with van der Waals surface area (Å²) in [5, 5.41) is 0. The zero-order chi connectivity index (χ0) is 26.2. The average molecular weight is 480 g/mol. The van der Waals surface area contributed by atoms with Gasteiger partial charge in [-0.3, -0.25) is 0 Å². The summed E-state index contributed by atoms with van der Waals surface area (Å²) >= 11 is 0. The standard InChI is InChI=1S/C34H43N2/c1-21(2)24-16-13-17-25(22(3)4)30(24)36-31-28(35(10)32(36)26-15-12-11-14-23(26)5)19-18-27-29(31)34(8,9)20-33(27,6)7/h11-19,21-22H,20H2,1-10H3/q+1. The van der Waals surface area contributed by atoms with Gasteiger partial charge in [-0.05, 0) is 59.3 Å². The third-order valence-corrected chi connectivity index (χ3v) is 8.51. The highest BCUT2D eigenvalue weighted by Gasteiger charge is 2.46. The maximum absolute atomic E-state index is 2.66. The maximum Gasteiger partial charge on any atom is 0.295 e. The van der Waals surface area contributed by atoms with E-state index in [1.54, 1.807) is 0 Å². The van der Waals surface area contributed by atoms with Crippen molar-refractivity contribution in [2.24, 2.45) is 7.05 Å². The Morgan fingerprint density at radius 3 is 1.97 bits per heavy atom. The fraction of sp³-hybridized carbons (Fsp3) is 0.441. The summed E-state index contributed by atoms with van der Waals surface area (Å²) in [6.45, 7) is 21.3. The van der Waals surface area contributed by atoms with Crippen LogP contribution >= 0.6 is 0 Å². The molecule has 0 radical (unpaired) electrons. The third-order valence-electron chi connectivity index (χ3n) is 8.51. The first-order valence-electron chi connectivity index (χ1n) is 13.6. The van der Waals surface area contributed by atoms with E-state index in [0.29, 0.717) is 11.8 Å². The van der Waals surface area contributed by atoms with Crippen molar-refractivity contribution in [1.29, 1.82) is 0 Å². The molecule has 0 unspecified atom stereocenters. The molecule has 0 bridgehead atoms. The Morgan fingerprint density at radius 1 is 0.778 bits per heavy atom. The lowest BCUT2D eigenvalue weighted by Gasteiger charge is -2.23. The van der Waals surface area contributed by atoms with Crippen LogP contribution in [-0.4, -0.2) is 4.57 Å². The van der Waals surface area contributed by atoms with Gasteiger partial charge in [0, 0.05) is 16.7 Å². The summed E-state index contributed by atoms with van der Waals surface area (Å²) < 4.78 is 5.10. The Kier molecular flexibility index (Phi) is 5.74. The molecule has 0 spiro atoms. The predicted octanol–water partition coefficient (Wildman–Crippen LogP) is 8.64. The van der Waals surface area contributed by atoms with Crippen LogP contribution in [0.25, 0.3) is 28.1 Å². The molecule has 2 heteroatoms. The van der Waals surface area contributed by atoms with Gasteiger partial charge in [0.25, 0.3) is 5.82 Å². The van der Waals surface area contributed by atoms with E-state index in [2.05, 4.69) is 133 Å². The van der Waals surface area contributed by atoms with Gasteiger partial charge in [0.1, 0.15) is 5.69 Å². The van der Waals surface area contributed by atoms with Gasteiger partial charge in [0.2, 0.25) is 0 Å². The number of nitrogens with zero attached hydrogens (tertiary/aromatic N) is 2. The summed E-state index contributed by atoms with van der Waals surface area (Å²) in [6.07, 6.45) is 1.16. The van der Waals surface area contributed by atoms with Gasteiger partial charge in [-0.25, -0.2) is 4.57 Å². The van der Waals surface area contributed by atoms with Crippen molar-refractivity contribution in [3.05, 3.63) is 82.4 Å². The van der Waals surface area contributed by atoms with Gasteiger partial charge in [-0.2, -0.15) is 4.57 Å². The molecule has 1 heterocycles. The largest absolute Gasteiger partial charge is 0.295 e. The van der Waals surface area contributed by atoms with Crippen LogP contribution in [0.4, 0.5) is 0 Å². The number of para-hydroxylation sites is 1. The van der Waals surface area contributed by atoms with Gasteiger partial charge in [0.15, 0.2) is 11.0 Å². The second kappa shape index (κ2) is 8.33. The van der Waals surface area contributed by atoms with Crippen molar-refractivity contribution in [2.45, 2.75) is 91.4 Å². The Bertz CT molecular complexity index is 1450. The second-order valence-corrected chi connectivity index (χ2v) is 12.9. The predicted molar refractivity (Wildman–Crippen MR) is 153 cm³/mol. The summed E-state index contributed by atoms with van der Waals surface area (Å²) in [5.41, 5.74) is 12.8. The average Bonchev–Trinajstić information content (AvgIpc) is 3.19. The molecule has 36 heavy (non-hydrogen) atoms. The Balaban J connectivity index is 2.08. The lowest BCUT2D eigenvalue weighted by molar-refractivity contribution is -0.557. The third kappa shape index (κ3) is 3.56. The first kappa shape index (κ1) is 24.8. The first-order chi connectivity index (χ1) is 16.9. The SMILES string of the molecule is Cc1ccccc1-c1n(C)c2ccc3c(c2[n+]1-c1c(C(C)C)cccc1C(C)C)C(C)(C)CC3(C)C. The zero-order valence-corrected chi connectivity index (χ0v) is 24.0. The smallest absolute Gasteiger partial charge is 0.225 e. The molecule has 0 fully saturated rings. The van der Waals surface area contributed by atoms with Crippen LogP contribution in [-0.2, 0) is 17.9 Å². The Labute approximate surface area is 218 Å². The van der Waals surface area contributed by atoms with Gasteiger partial charge < -0.3 is 0 Å². The summed E-state index contributed by atoms with van der Waals surface area (Å²) in [5.74, 6) is 2.12. The Morgan fingerprint density at radius 2 is 1.39 bits per heavy atom. The van der Waals surface area contributed by atoms with E-state index in [0.717, 1.165) is 6.42 Å². The van der Waals surface area contributed by atoms with E-state index in [-0.39, 0.29) is 10.8 Å². The number of hydrogen-bond donors (Lipinski definition) is 0. The lowest BCUT2D eigenvalue weighted by Crippen LogP contribution is -2.38. The van der Waals surface area contributed by atoms with E-state index in [1.807, 2.05) is 0 Å². The van der Waals surface area contributed by atoms with Crippen LogP contribution in [0.1, 0.15) is 101 Å². The van der Waals surface area contributed by atoms with E-state index in [1.165, 1.54) is 55.9 Å². The topological polar surface area (TPSA) is 8.81 Å². The fourth-order valence-corrected chi connectivity index (χ4v) is 7.10. The quantitative estimate of drug-likeness (QED) is 0.259. The number of fused-ring (bicyclic) bond motifs is 3. The van der Waals surface area contributed by atoms with E-state index < -0.39 is 0 Å². The van der Waals surface area contributed by atoms with Gasteiger partial charge in [-0.15, -0.1) is 0 Å². The van der Waals surface area contributed by atoms with E-state index >= 15 is 0 Å². The van der Waals surface area contributed by atoms with Crippen LogP contribution in [0.3, 0.4) is 0 Å². The summed E-state index contributed by atoms with van der Waals surface area (Å²) in [4.78, 5) is 0. The molecule has 0 amide bonds. The number of benzene rings is 3. The monoisotopic (exact) mass is 479 g/mol. The van der Waals surface area contributed by atoms with Crippen molar-refractivity contribution >= 4 is 11.0 Å². The summed E-state index contributed by atoms with van der Waals surface area (Å²) in [6, 6.07) is 20.6. The van der Waals surface area contributed by atoms with Crippen molar-refractivity contribution < 1.29 is 4.57 Å². The Hall–Kier alpha value is -2.87. The molecule has 0 saturated heterocycles. The van der Waals surface area contributed by atoms with Crippen LogP contribution in [0, 0.1) is 6.92 Å². The van der Waals surface area contributed by atoms with Gasteiger partial charge >= 0.3 is 0 Å². The molecule has 2 nitrogen and oxygen atoms in total. The number of hydrogen-bond acceptors (Lipinski definition) is 0. The molecule has 1 aromatic heterocycles. The maximum atomic E-state index is 2.66. The molecule has 0 N–H and O–H groups in total.